The van der Waals surface area contributed by atoms with Crippen LogP contribution in [0.4, 0.5) is 5.82 Å². The summed E-state index contributed by atoms with van der Waals surface area (Å²) in [7, 11) is 0. The maximum atomic E-state index is 10.5. The zero-order valence-corrected chi connectivity index (χ0v) is 17.9. The van der Waals surface area contributed by atoms with Gasteiger partial charge in [0.2, 0.25) is 0 Å². The number of benzene rings is 2. The van der Waals surface area contributed by atoms with E-state index in [0.717, 1.165) is 11.1 Å². The average molecular weight is 448 g/mol. The first-order chi connectivity index (χ1) is 16.1. The van der Waals surface area contributed by atoms with E-state index in [1.54, 1.807) is 0 Å². The van der Waals surface area contributed by atoms with Gasteiger partial charge in [0.1, 0.15) is 18.3 Å². The van der Waals surface area contributed by atoms with Crippen LogP contribution in [0.2, 0.25) is 0 Å². The van der Waals surface area contributed by atoms with Gasteiger partial charge in [-0.3, -0.25) is 0 Å². The second-order valence-electron chi connectivity index (χ2n) is 7.97. The van der Waals surface area contributed by atoms with Crippen LogP contribution in [0, 0.1) is 0 Å². The molecule has 0 amide bonds. The predicted molar refractivity (Wildman–Crippen MR) is 120 cm³/mol. The number of hydrogen-bond acceptors (Lipinski definition) is 9. The average Bonchev–Trinajstić information content (AvgIpc) is 3.41. The van der Waals surface area contributed by atoms with Gasteiger partial charge in [-0.15, -0.1) is 5.10 Å². The summed E-state index contributed by atoms with van der Waals surface area (Å²) in [5, 5.41) is 41.9. The summed E-state index contributed by atoms with van der Waals surface area (Å²) in [4.78, 5) is 9.36. The summed E-state index contributed by atoms with van der Waals surface area (Å²) in [6.45, 7) is 1.58. The molecule has 1 fully saturated rings. The van der Waals surface area contributed by atoms with E-state index in [1.165, 1.54) is 4.68 Å². The molecule has 0 aliphatic carbocycles. The number of anilines is 1. The van der Waals surface area contributed by atoms with E-state index in [2.05, 4.69) is 20.6 Å². The number of fused-ring (bicyclic) bond motifs is 1. The zero-order valence-electron chi connectivity index (χ0n) is 17.9. The maximum absolute atomic E-state index is 10.5. The summed E-state index contributed by atoms with van der Waals surface area (Å²) in [6, 6.07) is 19.3. The lowest BCUT2D eigenvalue weighted by molar-refractivity contribution is -0.0574. The Bertz CT molecular complexity index is 1240. The van der Waals surface area contributed by atoms with Gasteiger partial charge in [0.25, 0.3) is 0 Å². The summed E-state index contributed by atoms with van der Waals surface area (Å²) in [5.74, 6) is 0.925. The molecular formula is C23H24N6O4. The van der Waals surface area contributed by atoms with E-state index in [4.69, 9.17) is 9.72 Å². The number of hydrogen-bond donors (Lipinski definition) is 4. The Balaban J connectivity index is 1.61. The standard InChI is InChI=1S/C23H24N6O4/c1-13(14-8-4-2-5-9-14)24-21-17-22(26-20(25-21)15-10-6-3-7-11-15)29(28-27-17)23-19(32)18(31)16(12-30)33-23/h2-11,13,16,18-19,23,30-32H,12H2,1H3,(H,24,25,26)/t13-,16+,18+,19+,23+/m0/s1. The first kappa shape index (κ1) is 21.4. The summed E-state index contributed by atoms with van der Waals surface area (Å²) >= 11 is 0. The lowest BCUT2D eigenvalue weighted by atomic mass is 10.1. The minimum atomic E-state index is -1.30. The van der Waals surface area contributed by atoms with Crippen LogP contribution in [-0.4, -0.2) is 65.2 Å². The minimum Gasteiger partial charge on any atom is -0.394 e. The highest BCUT2D eigenvalue weighted by Gasteiger charge is 2.44. The summed E-state index contributed by atoms with van der Waals surface area (Å²) in [6.07, 6.45) is -4.55. The van der Waals surface area contributed by atoms with Crippen LogP contribution in [0.5, 0.6) is 0 Å². The molecule has 5 rings (SSSR count). The molecule has 33 heavy (non-hydrogen) atoms. The number of aromatic nitrogens is 5. The van der Waals surface area contributed by atoms with Gasteiger partial charge < -0.3 is 25.4 Å². The quantitative estimate of drug-likeness (QED) is 0.347. The van der Waals surface area contributed by atoms with Crippen LogP contribution in [0.3, 0.4) is 0 Å². The number of aliphatic hydroxyl groups excluding tert-OH is 3. The molecule has 170 valence electrons. The zero-order chi connectivity index (χ0) is 22.9. The van der Waals surface area contributed by atoms with Crippen LogP contribution in [-0.2, 0) is 4.74 Å². The second kappa shape index (κ2) is 8.83. The number of aliphatic hydroxyl groups is 3. The lowest BCUT2D eigenvalue weighted by Crippen LogP contribution is -2.33. The van der Waals surface area contributed by atoms with Crippen molar-refractivity contribution in [1.29, 1.82) is 0 Å². The highest BCUT2D eigenvalue weighted by Crippen LogP contribution is 2.33. The fourth-order valence-electron chi connectivity index (χ4n) is 3.93. The number of nitrogens with zero attached hydrogens (tertiary/aromatic N) is 5. The molecule has 2 aromatic carbocycles. The van der Waals surface area contributed by atoms with Crippen LogP contribution >= 0.6 is 0 Å². The molecule has 10 nitrogen and oxygen atoms in total. The van der Waals surface area contributed by atoms with E-state index in [0.29, 0.717) is 22.8 Å². The van der Waals surface area contributed by atoms with Gasteiger partial charge in [-0.25, -0.2) is 9.97 Å². The Morgan fingerprint density at radius 1 is 1.00 bits per heavy atom. The molecule has 1 aliphatic heterocycles. The lowest BCUT2D eigenvalue weighted by Gasteiger charge is -2.17. The third-order valence-corrected chi connectivity index (χ3v) is 5.77. The van der Waals surface area contributed by atoms with Crippen molar-refractivity contribution in [2.45, 2.75) is 37.5 Å². The van der Waals surface area contributed by atoms with Gasteiger partial charge in [-0.2, -0.15) is 4.68 Å². The van der Waals surface area contributed by atoms with Crippen molar-refractivity contribution in [3.05, 3.63) is 66.2 Å². The Labute approximate surface area is 189 Å². The summed E-state index contributed by atoms with van der Waals surface area (Å²) < 4.78 is 6.98. The van der Waals surface area contributed by atoms with Crippen LogP contribution in [0.15, 0.2) is 60.7 Å². The Morgan fingerprint density at radius 3 is 2.36 bits per heavy atom. The molecule has 0 saturated carbocycles. The second-order valence-corrected chi connectivity index (χ2v) is 7.97. The van der Waals surface area contributed by atoms with E-state index in [9.17, 15) is 15.3 Å². The third kappa shape index (κ3) is 3.93. The molecule has 0 unspecified atom stereocenters. The normalized spacial score (nSPS) is 23.6. The van der Waals surface area contributed by atoms with Gasteiger partial charge in [0.15, 0.2) is 29.0 Å². The van der Waals surface area contributed by atoms with Crippen molar-refractivity contribution in [1.82, 2.24) is 25.0 Å². The molecular weight excluding hydrogens is 424 g/mol. The highest BCUT2D eigenvalue weighted by molar-refractivity contribution is 5.84. The minimum absolute atomic E-state index is 0.0769. The van der Waals surface area contributed by atoms with E-state index in [1.807, 2.05) is 67.6 Å². The predicted octanol–water partition coefficient (Wildman–Crippen LogP) is 1.67. The first-order valence-corrected chi connectivity index (χ1v) is 10.7. The van der Waals surface area contributed by atoms with Gasteiger partial charge in [-0.05, 0) is 12.5 Å². The Hall–Kier alpha value is -3.44. The molecule has 5 atom stereocenters. The van der Waals surface area contributed by atoms with Crippen molar-refractivity contribution in [2.24, 2.45) is 0 Å². The van der Waals surface area contributed by atoms with Crippen LogP contribution in [0.25, 0.3) is 22.6 Å². The molecule has 1 aliphatic rings. The highest BCUT2D eigenvalue weighted by atomic mass is 16.6. The van der Waals surface area contributed by atoms with Crippen molar-refractivity contribution < 1.29 is 20.1 Å². The Kier molecular flexibility index (Phi) is 5.73. The van der Waals surface area contributed by atoms with Crippen LogP contribution < -0.4 is 5.32 Å². The molecule has 4 N–H and O–H groups in total. The first-order valence-electron chi connectivity index (χ1n) is 10.7. The fourth-order valence-corrected chi connectivity index (χ4v) is 3.93. The summed E-state index contributed by atoms with van der Waals surface area (Å²) in [5.41, 5.74) is 2.60. The smallest absolute Gasteiger partial charge is 0.187 e. The fraction of sp³-hybridized carbons (Fsp3) is 0.304. The number of ether oxygens (including phenoxy) is 1. The molecule has 10 heteroatoms. The molecule has 2 aromatic heterocycles. The van der Waals surface area contributed by atoms with Crippen molar-refractivity contribution in [3.8, 4) is 11.4 Å². The van der Waals surface area contributed by atoms with Gasteiger partial charge in [0.05, 0.1) is 12.6 Å². The van der Waals surface area contributed by atoms with Gasteiger partial charge in [-0.1, -0.05) is 65.9 Å². The van der Waals surface area contributed by atoms with Crippen molar-refractivity contribution in [2.75, 3.05) is 11.9 Å². The van der Waals surface area contributed by atoms with Crippen LogP contribution in [0.1, 0.15) is 24.8 Å². The SMILES string of the molecule is C[C@H](Nc1nc(-c2ccccc2)nc2c1nnn2[C@@H]1O[C@H](CO)[C@@H](O)[C@H]1O)c1ccccc1. The van der Waals surface area contributed by atoms with Crippen molar-refractivity contribution >= 4 is 17.0 Å². The topological polar surface area (TPSA) is 138 Å². The molecule has 0 spiro atoms. The number of rotatable bonds is 6. The molecule has 4 aromatic rings. The molecule has 1 saturated heterocycles. The monoisotopic (exact) mass is 448 g/mol. The Morgan fingerprint density at radius 2 is 1.70 bits per heavy atom. The van der Waals surface area contributed by atoms with Gasteiger partial charge >= 0.3 is 0 Å². The van der Waals surface area contributed by atoms with Gasteiger partial charge in [0, 0.05) is 5.56 Å². The third-order valence-electron chi connectivity index (χ3n) is 5.77. The number of nitrogens with one attached hydrogen (secondary N) is 1. The molecule has 3 heterocycles. The van der Waals surface area contributed by atoms with E-state index >= 15 is 0 Å². The molecule has 0 bridgehead atoms. The largest absolute Gasteiger partial charge is 0.394 e. The van der Waals surface area contributed by atoms with Crippen molar-refractivity contribution in [3.63, 3.8) is 0 Å². The maximum Gasteiger partial charge on any atom is 0.187 e. The molecule has 0 radical (unpaired) electrons. The van der Waals surface area contributed by atoms with E-state index < -0.39 is 31.1 Å². The van der Waals surface area contributed by atoms with E-state index in [-0.39, 0.29) is 6.04 Å².